The first-order chi connectivity index (χ1) is 10.6. The summed E-state index contributed by atoms with van der Waals surface area (Å²) in [6.07, 6.45) is 4.40. The first-order valence-corrected chi connectivity index (χ1v) is 7.28. The van der Waals surface area contributed by atoms with Gasteiger partial charge in [-0.1, -0.05) is 12.1 Å². The van der Waals surface area contributed by atoms with Gasteiger partial charge in [-0.25, -0.2) is 4.98 Å². The van der Waals surface area contributed by atoms with E-state index < -0.39 is 0 Å². The second-order valence-electron chi connectivity index (χ2n) is 5.31. The summed E-state index contributed by atoms with van der Waals surface area (Å²) in [5, 5.41) is 2.95. The van der Waals surface area contributed by atoms with Crippen LogP contribution in [-0.4, -0.2) is 26.8 Å². The van der Waals surface area contributed by atoms with E-state index in [4.69, 9.17) is 0 Å². The van der Waals surface area contributed by atoms with E-state index in [0.717, 1.165) is 22.6 Å². The van der Waals surface area contributed by atoms with E-state index in [1.54, 1.807) is 6.20 Å². The number of nitrogens with one attached hydrogen (secondary N) is 1. The van der Waals surface area contributed by atoms with Gasteiger partial charge in [-0.15, -0.1) is 0 Å². The minimum absolute atomic E-state index is 0.105. The fourth-order valence-electron chi connectivity index (χ4n) is 2.48. The van der Waals surface area contributed by atoms with Gasteiger partial charge in [-0.2, -0.15) is 0 Å². The quantitative estimate of drug-likeness (QED) is 0.803. The number of amides is 1. The molecule has 0 spiro atoms. The Balaban J connectivity index is 1.75. The van der Waals surface area contributed by atoms with Crippen molar-refractivity contribution >= 4 is 11.6 Å². The zero-order valence-electron chi connectivity index (χ0n) is 12.7. The van der Waals surface area contributed by atoms with Crippen LogP contribution in [0.1, 0.15) is 27.4 Å². The topological polar surface area (TPSA) is 59.3 Å². The number of pyridine rings is 2. The van der Waals surface area contributed by atoms with E-state index in [2.05, 4.69) is 15.3 Å². The average molecular weight is 294 g/mol. The van der Waals surface area contributed by atoms with Crippen LogP contribution in [0.2, 0.25) is 0 Å². The first-order valence-electron chi connectivity index (χ1n) is 7.28. The molecular weight excluding hydrogens is 276 g/mol. The van der Waals surface area contributed by atoms with Crippen molar-refractivity contribution in [3.05, 3.63) is 65.4 Å². The summed E-state index contributed by atoms with van der Waals surface area (Å²) < 4.78 is 1.85. The maximum absolute atomic E-state index is 12.4. The standard InChI is InChI=1S/C17H18N4O/c1-12-6-7-15-20-13(2)16(21(15)11-12)17(22)19-10-8-14-5-3-4-9-18-14/h3-7,9,11H,8,10H2,1-2H3,(H,19,22). The molecule has 0 bridgehead atoms. The monoisotopic (exact) mass is 294 g/mol. The zero-order chi connectivity index (χ0) is 15.5. The van der Waals surface area contributed by atoms with Crippen molar-refractivity contribution in [3.8, 4) is 0 Å². The molecule has 0 aliphatic carbocycles. The molecule has 0 radical (unpaired) electrons. The molecule has 112 valence electrons. The average Bonchev–Trinajstić information content (AvgIpc) is 2.83. The van der Waals surface area contributed by atoms with E-state index in [1.165, 1.54) is 0 Å². The van der Waals surface area contributed by atoms with Gasteiger partial charge >= 0.3 is 0 Å². The second-order valence-corrected chi connectivity index (χ2v) is 5.31. The Labute approximate surface area is 129 Å². The van der Waals surface area contributed by atoms with Crippen molar-refractivity contribution in [2.75, 3.05) is 6.54 Å². The summed E-state index contributed by atoms with van der Waals surface area (Å²) in [6.45, 7) is 4.40. The Hall–Kier alpha value is -2.69. The van der Waals surface area contributed by atoms with Crippen LogP contribution >= 0.6 is 0 Å². The predicted octanol–water partition coefficient (Wildman–Crippen LogP) is 2.32. The molecule has 0 aliphatic rings. The van der Waals surface area contributed by atoms with E-state index >= 15 is 0 Å². The molecule has 0 aliphatic heterocycles. The Kier molecular flexibility index (Phi) is 3.87. The van der Waals surface area contributed by atoms with Gasteiger partial charge in [-0.05, 0) is 37.6 Å². The molecule has 5 heteroatoms. The molecule has 5 nitrogen and oxygen atoms in total. The number of carbonyl (C=O) groups is 1. The highest BCUT2D eigenvalue weighted by Gasteiger charge is 2.16. The molecule has 3 aromatic heterocycles. The number of imidazole rings is 1. The summed E-state index contributed by atoms with van der Waals surface area (Å²) in [6, 6.07) is 9.69. The number of hydrogen-bond acceptors (Lipinski definition) is 3. The summed E-state index contributed by atoms with van der Waals surface area (Å²) in [5.41, 5.74) is 4.18. The predicted molar refractivity (Wildman–Crippen MR) is 84.9 cm³/mol. The lowest BCUT2D eigenvalue weighted by Crippen LogP contribution is -2.27. The van der Waals surface area contributed by atoms with Crippen LogP contribution in [0.4, 0.5) is 0 Å². The third-order valence-corrected chi connectivity index (χ3v) is 3.55. The molecule has 0 saturated heterocycles. The molecular formula is C17H18N4O. The van der Waals surface area contributed by atoms with Crippen molar-refractivity contribution in [2.45, 2.75) is 20.3 Å². The first kappa shape index (κ1) is 14.3. The lowest BCUT2D eigenvalue weighted by molar-refractivity contribution is 0.0947. The van der Waals surface area contributed by atoms with Crippen molar-refractivity contribution in [2.24, 2.45) is 0 Å². The van der Waals surface area contributed by atoms with Crippen LogP contribution < -0.4 is 5.32 Å². The highest BCUT2D eigenvalue weighted by molar-refractivity contribution is 5.94. The number of aryl methyl sites for hydroxylation is 2. The van der Waals surface area contributed by atoms with Crippen molar-refractivity contribution in [1.82, 2.24) is 19.7 Å². The Morgan fingerprint density at radius 3 is 2.86 bits per heavy atom. The van der Waals surface area contributed by atoms with Crippen molar-refractivity contribution in [1.29, 1.82) is 0 Å². The maximum Gasteiger partial charge on any atom is 0.270 e. The fraction of sp³-hybridized carbons (Fsp3) is 0.235. The van der Waals surface area contributed by atoms with Gasteiger partial charge in [0.05, 0.1) is 5.69 Å². The highest BCUT2D eigenvalue weighted by atomic mass is 16.1. The number of nitrogens with zero attached hydrogens (tertiary/aromatic N) is 3. The third kappa shape index (κ3) is 2.83. The molecule has 1 N–H and O–H groups in total. The van der Waals surface area contributed by atoms with Crippen LogP contribution in [0, 0.1) is 13.8 Å². The van der Waals surface area contributed by atoms with Gasteiger partial charge < -0.3 is 5.32 Å². The molecule has 0 saturated carbocycles. The number of rotatable bonds is 4. The number of carbonyl (C=O) groups excluding carboxylic acids is 1. The minimum atomic E-state index is -0.105. The van der Waals surface area contributed by atoms with Crippen LogP contribution in [-0.2, 0) is 6.42 Å². The van der Waals surface area contributed by atoms with Gasteiger partial charge in [0.1, 0.15) is 11.3 Å². The Morgan fingerprint density at radius 1 is 1.23 bits per heavy atom. The van der Waals surface area contributed by atoms with Gasteiger partial charge in [-0.3, -0.25) is 14.2 Å². The largest absolute Gasteiger partial charge is 0.350 e. The lowest BCUT2D eigenvalue weighted by atomic mass is 10.2. The SMILES string of the molecule is Cc1ccc2nc(C)c(C(=O)NCCc3ccccn3)n2c1. The van der Waals surface area contributed by atoms with E-state index in [1.807, 2.05) is 54.8 Å². The minimum Gasteiger partial charge on any atom is -0.350 e. The summed E-state index contributed by atoms with van der Waals surface area (Å²) >= 11 is 0. The summed E-state index contributed by atoms with van der Waals surface area (Å²) in [5.74, 6) is -0.105. The molecule has 3 aromatic rings. The van der Waals surface area contributed by atoms with Gasteiger partial charge in [0, 0.05) is 31.1 Å². The molecule has 22 heavy (non-hydrogen) atoms. The van der Waals surface area contributed by atoms with Gasteiger partial charge in [0.2, 0.25) is 0 Å². The molecule has 0 fully saturated rings. The molecule has 0 atom stereocenters. The van der Waals surface area contributed by atoms with E-state index in [-0.39, 0.29) is 5.91 Å². The van der Waals surface area contributed by atoms with Crippen LogP contribution in [0.25, 0.3) is 5.65 Å². The lowest BCUT2D eigenvalue weighted by Gasteiger charge is -2.06. The Bertz CT molecular complexity index is 808. The van der Waals surface area contributed by atoms with Gasteiger partial charge in [0.15, 0.2) is 0 Å². The number of aromatic nitrogens is 3. The maximum atomic E-state index is 12.4. The van der Waals surface area contributed by atoms with E-state index in [9.17, 15) is 4.79 Å². The van der Waals surface area contributed by atoms with Crippen LogP contribution in [0.15, 0.2) is 42.7 Å². The number of hydrogen-bond donors (Lipinski definition) is 1. The van der Waals surface area contributed by atoms with E-state index in [0.29, 0.717) is 18.7 Å². The summed E-state index contributed by atoms with van der Waals surface area (Å²) in [4.78, 5) is 21.1. The van der Waals surface area contributed by atoms with Crippen molar-refractivity contribution in [3.63, 3.8) is 0 Å². The zero-order valence-corrected chi connectivity index (χ0v) is 12.7. The smallest absolute Gasteiger partial charge is 0.270 e. The van der Waals surface area contributed by atoms with Crippen molar-refractivity contribution < 1.29 is 4.79 Å². The number of fused-ring (bicyclic) bond motifs is 1. The van der Waals surface area contributed by atoms with Crippen LogP contribution in [0.3, 0.4) is 0 Å². The molecule has 3 heterocycles. The fourth-order valence-corrected chi connectivity index (χ4v) is 2.48. The third-order valence-electron chi connectivity index (χ3n) is 3.55. The molecule has 1 amide bonds. The second kappa shape index (κ2) is 5.97. The normalized spacial score (nSPS) is 10.8. The van der Waals surface area contributed by atoms with Crippen LogP contribution in [0.5, 0.6) is 0 Å². The van der Waals surface area contributed by atoms with Gasteiger partial charge in [0.25, 0.3) is 5.91 Å². The summed E-state index contributed by atoms with van der Waals surface area (Å²) in [7, 11) is 0. The molecule has 0 aromatic carbocycles. The molecule has 3 rings (SSSR count). The molecule has 0 unspecified atom stereocenters. The highest BCUT2D eigenvalue weighted by Crippen LogP contribution is 2.13. The Morgan fingerprint density at radius 2 is 2.09 bits per heavy atom.